The van der Waals surface area contributed by atoms with Crippen molar-refractivity contribution in [3.63, 3.8) is 0 Å². The number of halogens is 1. The summed E-state index contributed by atoms with van der Waals surface area (Å²) in [7, 11) is 0. The van der Waals surface area contributed by atoms with Gasteiger partial charge in [0.1, 0.15) is 0 Å². The van der Waals surface area contributed by atoms with Crippen LogP contribution in [0.1, 0.15) is 38.3 Å². The van der Waals surface area contributed by atoms with Crippen LogP contribution in [0.25, 0.3) is 10.2 Å². The lowest BCUT2D eigenvalue weighted by molar-refractivity contribution is -0.142. The van der Waals surface area contributed by atoms with Crippen molar-refractivity contribution in [3.05, 3.63) is 58.6 Å². The van der Waals surface area contributed by atoms with Gasteiger partial charge in [-0.2, -0.15) is 0 Å². The number of hydrogen-bond donors (Lipinski definition) is 0. The minimum absolute atomic E-state index is 0.168. The molecule has 0 aliphatic carbocycles. The Kier molecular flexibility index (Phi) is 7.89. The Labute approximate surface area is 205 Å². The van der Waals surface area contributed by atoms with Crippen LogP contribution in [0.4, 0.5) is 5.13 Å². The summed E-state index contributed by atoms with van der Waals surface area (Å²) in [5.74, 6) is 0.444. The van der Waals surface area contributed by atoms with Gasteiger partial charge in [-0.3, -0.25) is 9.69 Å². The van der Waals surface area contributed by atoms with E-state index in [2.05, 4.69) is 35.8 Å². The number of piperazine rings is 1. The number of anilines is 1. The highest BCUT2D eigenvalue weighted by atomic mass is 35.5. The van der Waals surface area contributed by atoms with Crippen molar-refractivity contribution in [1.82, 2.24) is 9.88 Å². The lowest BCUT2D eigenvalue weighted by Gasteiger charge is -2.42. The summed E-state index contributed by atoms with van der Waals surface area (Å²) in [5, 5.41) is 1.84. The van der Waals surface area contributed by atoms with Gasteiger partial charge in [0.15, 0.2) is 5.13 Å². The largest absolute Gasteiger partial charge is 0.466 e. The molecular weight excluding hydrogens is 454 g/mol. The average molecular weight is 486 g/mol. The Morgan fingerprint density at radius 1 is 1.21 bits per heavy atom. The molecule has 0 radical (unpaired) electrons. The van der Waals surface area contributed by atoms with Crippen molar-refractivity contribution < 1.29 is 9.53 Å². The lowest BCUT2D eigenvalue weighted by atomic mass is 9.99. The van der Waals surface area contributed by atoms with Gasteiger partial charge < -0.3 is 9.64 Å². The first-order valence-electron chi connectivity index (χ1n) is 11.7. The molecule has 1 aliphatic rings. The van der Waals surface area contributed by atoms with Gasteiger partial charge in [-0.25, -0.2) is 4.98 Å². The number of benzene rings is 2. The molecule has 0 spiro atoms. The second kappa shape index (κ2) is 10.9. The number of carbonyl (C=O) groups is 1. The highest BCUT2D eigenvalue weighted by Crippen LogP contribution is 2.32. The monoisotopic (exact) mass is 485 g/mol. The van der Waals surface area contributed by atoms with Crippen molar-refractivity contribution in [1.29, 1.82) is 0 Å². The molecule has 1 aliphatic heterocycles. The quantitative estimate of drug-likeness (QED) is 0.378. The summed E-state index contributed by atoms with van der Waals surface area (Å²) in [4.78, 5) is 21.8. The molecular formula is C26H32ClN3O2S. The summed E-state index contributed by atoms with van der Waals surface area (Å²) in [5.41, 5.74) is 3.27. The molecule has 1 unspecified atom stereocenters. The second-order valence-electron chi connectivity index (χ2n) is 9.11. The second-order valence-corrected chi connectivity index (χ2v) is 10.6. The third kappa shape index (κ3) is 6.25. The Morgan fingerprint density at radius 2 is 2.03 bits per heavy atom. The fourth-order valence-corrected chi connectivity index (χ4v) is 5.79. The number of ether oxygens (including phenoxy) is 1. The molecule has 2 aromatic carbocycles. The number of carbonyl (C=O) groups excluding carboxylic acids is 1. The smallest absolute Gasteiger partial charge is 0.310 e. The summed E-state index contributed by atoms with van der Waals surface area (Å²) < 4.78 is 6.25. The van der Waals surface area contributed by atoms with E-state index >= 15 is 0 Å². The molecule has 0 N–H and O–H groups in total. The normalized spacial score (nSPS) is 17.1. The number of thiazole rings is 1. The Bertz CT molecular complexity index is 1100. The fourth-order valence-electron chi connectivity index (χ4n) is 4.52. The number of fused-ring (bicyclic) bond motifs is 1. The summed E-state index contributed by atoms with van der Waals surface area (Å²) in [6.45, 7) is 10.6. The maximum absolute atomic E-state index is 11.9. The highest BCUT2D eigenvalue weighted by Gasteiger charge is 2.29. The van der Waals surface area contributed by atoms with Gasteiger partial charge in [-0.1, -0.05) is 61.1 Å². The molecule has 1 atom stereocenters. The molecule has 3 aromatic rings. The van der Waals surface area contributed by atoms with Gasteiger partial charge in [0.2, 0.25) is 0 Å². The number of nitrogens with zero attached hydrogens (tertiary/aromatic N) is 3. The standard InChI is InChI=1S/C26H32ClN3O2S/c1-4-32-25(31)14-19-6-5-7-20(13-19)16-29-10-11-30(17-22(29)12-18(2)3)26-28-23-9-8-21(27)15-24(23)33-26/h5-9,13,15,18,22H,4,10-12,14,16-17H2,1-3H3. The zero-order valence-electron chi connectivity index (χ0n) is 19.6. The first-order chi connectivity index (χ1) is 15.9. The molecule has 1 aromatic heterocycles. The van der Waals surface area contributed by atoms with E-state index in [0.717, 1.165) is 58.5 Å². The predicted octanol–water partition coefficient (Wildman–Crippen LogP) is 5.79. The fraction of sp³-hybridized carbons (Fsp3) is 0.462. The predicted molar refractivity (Wildman–Crippen MR) is 137 cm³/mol. The Balaban J connectivity index is 1.47. The first kappa shape index (κ1) is 24.0. The average Bonchev–Trinajstić information content (AvgIpc) is 3.18. The van der Waals surface area contributed by atoms with Crippen molar-refractivity contribution in [2.75, 3.05) is 31.1 Å². The van der Waals surface area contributed by atoms with Crippen LogP contribution >= 0.6 is 22.9 Å². The Morgan fingerprint density at radius 3 is 2.82 bits per heavy atom. The van der Waals surface area contributed by atoms with Gasteiger partial charge in [-0.15, -0.1) is 0 Å². The van der Waals surface area contributed by atoms with E-state index in [1.807, 2.05) is 37.3 Å². The first-order valence-corrected chi connectivity index (χ1v) is 12.9. The van der Waals surface area contributed by atoms with Crippen LogP contribution in [0.15, 0.2) is 42.5 Å². The molecule has 0 bridgehead atoms. The maximum atomic E-state index is 11.9. The summed E-state index contributed by atoms with van der Waals surface area (Å²) in [6, 6.07) is 14.7. The van der Waals surface area contributed by atoms with E-state index in [1.54, 1.807) is 11.3 Å². The zero-order valence-corrected chi connectivity index (χ0v) is 21.2. The zero-order chi connectivity index (χ0) is 23.4. The number of esters is 1. The molecule has 1 fully saturated rings. The molecule has 5 nitrogen and oxygen atoms in total. The highest BCUT2D eigenvalue weighted by molar-refractivity contribution is 7.22. The van der Waals surface area contributed by atoms with Gasteiger partial charge >= 0.3 is 5.97 Å². The van der Waals surface area contributed by atoms with E-state index < -0.39 is 0 Å². The minimum atomic E-state index is -0.168. The van der Waals surface area contributed by atoms with E-state index in [1.165, 1.54) is 5.56 Å². The maximum Gasteiger partial charge on any atom is 0.310 e. The SMILES string of the molecule is CCOC(=O)Cc1cccc(CN2CCN(c3nc4ccc(Cl)cc4s3)CC2CC(C)C)c1. The van der Waals surface area contributed by atoms with Crippen molar-refractivity contribution in [3.8, 4) is 0 Å². The van der Waals surface area contributed by atoms with Gasteiger partial charge in [0.05, 0.1) is 23.2 Å². The van der Waals surface area contributed by atoms with Crippen molar-refractivity contribution in [2.45, 2.75) is 46.2 Å². The molecule has 0 saturated carbocycles. The summed E-state index contributed by atoms with van der Waals surface area (Å²) in [6.07, 6.45) is 1.46. The number of aromatic nitrogens is 1. The number of rotatable bonds is 8. The third-order valence-corrected chi connectivity index (χ3v) is 7.30. The van der Waals surface area contributed by atoms with E-state index in [-0.39, 0.29) is 5.97 Å². The van der Waals surface area contributed by atoms with Crippen molar-refractivity contribution >= 4 is 44.3 Å². The third-order valence-electron chi connectivity index (χ3n) is 5.99. The van der Waals surface area contributed by atoms with Crippen LogP contribution < -0.4 is 4.90 Å². The van der Waals surface area contributed by atoms with Crippen molar-refractivity contribution in [2.24, 2.45) is 5.92 Å². The lowest BCUT2D eigenvalue weighted by Crippen LogP contribution is -2.53. The van der Waals surface area contributed by atoms with Crippen LogP contribution in [-0.2, 0) is 22.5 Å². The molecule has 176 valence electrons. The van der Waals surface area contributed by atoms with Crippen LogP contribution in [0.3, 0.4) is 0 Å². The molecule has 1 saturated heterocycles. The van der Waals surface area contributed by atoms with Crippen LogP contribution in [0, 0.1) is 5.92 Å². The Hall–Kier alpha value is -2.15. The molecule has 33 heavy (non-hydrogen) atoms. The van der Waals surface area contributed by atoms with E-state index in [0.29, 0.717) is 25.0 Å². The van der Waals surface area contributed by atoms with Gasteiger partial charge in [-0.05, 0) is 48.6 Å². The topological polar surface area (TPSA) is 45.7 Å². The molecule has 2 heterocycles. The number of hydrogen-bond acceptors (Lipinski definition) is 6. The van der Waals surface area contributed by atoms with Gasteiger partial charge in [0, 0.05) is 37.2 Å². The molecule has 7 heteroatoms. The van der Waals surface area contributed by atoms with Crippen LogP contribution in [0.5, 0.6) is 0 Å². The van der Waals surface area contributed by atoms with Crippen LogP contribution in [-0.4, -0.2) is 48.1 Å². The van der Waals surface area contributed by atoms with Crippen LogP contribution in [0.2, 0.25) is 5.02 Å². The van der Waals surface area contributed by atoms with E-state index in [9.17, 15) is 4.79 Å². The van der Waals surface area contributed by atoms with Gasteiger partial charge in [0.25, 0.3) is 0 Å². The molecule has 0 amide bonds. The molecule has 4 rings (SSSR count). The summed E-state index contributed by atoms with van der Waals surface area (Å²) >= 11 is 7.90. The van der Waals surface area contributed by atoms with E-state index in [4.69, 9.17) is 21.3 Å². The minimum Gasteiger partial charge on any atom is -0.466 e.